The van der Waals surface area contributed by atoms with Crippen molar-refractivity contribution in [1.82, 2.24) is 19.6 Å². The van der Waals surface area contributed by atoms with Crippen LogP contribution in [0.25, 0.3) is 0 Å². The number of benzene rings is 1. The number of hydrogen-bond donors (Lipinski definition) is 1. The minimum absolute atomic E-state index is 0.0917. The lowest BCUT2D eigenvalue weighted by atomic mass is 10.1. The van der Waals surface area contributed by atoms with E-state index in [2.05, 4.69) is 15.5 Å². The van der Waals surface area contributed by atoms with E-state index in [9.17, 15) is 14.9 Å². The normalized spacial score (nSPS) is 10.7. The fourth-order valence-electron chi connectivity index (χ4n) is 2.64. The third-order valence-corrected chi connectivity index (χ3v) is 4.01. The maximum Gasteiger partial charge on any atom is 0.320 e. The minimum atomic E-state index is -0.620. The first kappa shape index (κ1) is 17.3. The molecule has 3 rings (SSSR count). The van der Waals surface area contributed by atoms with Crippen LogP contribution in [-0.2, 0) is 13.1 Å². The summed E-state index contributed by atoms with van der Waals surface area (Å²) in [7, 11) is 0. The molecule has 1 amide bonds. The zero-order valence-corrected chi connectivity index (χ0v) is 14.4. The number of aryl methyl sites for hydroxylation is 2. The number of anilines is 1. The predicted octanol–water partition coefficient (Wildman–Crippen LogP) is 2.62. The van der Waals surface area contributed by atoms with Gasteiger partial charge in [0.05, 0.1) is 11.5 Å². The van der Waals surface area contributed by atoms with E-state index >= 15 is 0 Å². The van der Waals surface area contributed by atoms with Crippen LogP contribution in [0.5, 0.6) is 0 Å². The highest BCUT2D eigenvalue weighted by atomic mass is 16.6. The van der Waals surface area contributed by atoms with Crippen molar-refractivity contribution in [2.75, 3.05) is 5.32 Å². The quantitative estimate of drug-likeness (QED) is 0.541. The van der Waals surface area contributed by atoms with Gasteiger partial charge in [0.1, 0.15) is 6.20 Å². The molecule has 9 nitrogen and oxygen atoms in total. The van der Waals surface area contributed by atoms with E-state index in [4.69, 9.17) is 0 Å². The number of carbonyl (C=O) groups is 1. The van der Waals surface area contributed by atoms with Crippen LogP contribution in [0, 0.1) is 17.0 Å². The van der Waals surface area contributed by atoms with Gasteiger partial charge in [0.15, 0.2) is 5.82 Å². The lowest BCUT2D eigenvalue weighted by molar-refractivity contribution is -0.385. The molecule has 1 aromatic carbocycles. The molecular formula is C17H18N6O3. The second-order valence-electron chi connectivity index (χ2n) is 5.73. The molecule has 0 saturated carbocycles. The zero-order valence-electron chi connectivity index (χ0n) is 14.4. The standard InChI is InChI=1S/C17H18N6O3/c1-3-22-16(14(10-18-22)23(25)26)17(24)19-15-8-9-21(20-15)11-13-7-5-4-6-12(13)2/h4-10H,3,11H2,1-2H3,(H,19,20,24). The van der Waals surface area contributed by atoms with Gasteiger partial charge in [-0.25, -0.2) is 0 Å². The van der Waals surface area contributed by atoms with Crippen LogP contribution in [0.3, 0.4) is 0 Å². The Labute approximate surface area is 149 Å². The van der Waals surface area contributed by atoms with Gasteiger partial charge in [-0.05, 0) is 25.0 Å². The molecule has 0 aliphatic heterocycles. The van der Waals surface area contributed by atoms with Crippen LogP contribution in [0.4, 0.5) is 11.5 Å². The maximum atomic E-state index is 12.5. The number of aromatic nitrogens is 4. The van der Waals surface area contributed by atoms with E-state index in [0.717, 1.165) is 17.3 Å². The molecule has 134 valence electrons. The molecule has 0 unspecified atom stereocenters. The van der Waals surface area contributed by atoms with E-state index in [1.807, 2.05) is 31.2 Å². The number of amides is 1. The summed E-state index contributed by atoms with van der Waals surface area (Å²) in [6, 6.07) is 9.61. The number of nitrogens with zero attached hydrogens (tertiary/aromatic N) is 5. The van der Waals surface area contributed by atoms with Crippen LogP contribution in [-0.4, -0.2) is 30.4 Å². The molecule has 3 aromatic rings. The molecule has 0 radical (unpaired) electrons. The van der Waals surface area contributed by atoms with E-state index in [0.29, 0.717) is 18.9 Å². The number of carbonyl (C=O) groups excluding carboxylic acids is 1. The van der Waals surface area contributed by atoms with Gasteiger partial charge in [0.25, 0.3) is 5.91 Å². The second kappa shape index (κ2) is 7.18. The topological polar surface area (TPSA) is 108 Å². The average Bonchev–Trinajstić information content (AvgIpc) is 3.23. The Bertz CT molecular complexity index is 959. The van der Waals surface area contributed by atoms with E-state index < -0.39 is 10.8 Å². The van der Waals surface area contributed by atoms with Gasteiger partial charge >= 0.3 is 5.69 Å². The summed E-state index contributed by atoms with van der Waals surface area (Å²) in [5.41, 5.74) is 1.85. The Kier molecular flexibility index (Phi) is 4.78. The van der Waals surface area contributed by atoms with Crippen LogP contribution < -0.4 is 5.32 Å². The smallest absolute Gasteiger partial charge is 0.304 e. The highest BCUT2D eigenvalue weighted by Gasteiger charge is 2.26. The van der Waals surface area contributed by atoms with Crippen molar-refractivity contribution < 1.29 is 9.72 Å². The van der Waals surface area contributed by atoms with Gasteiger partial charge in [0, 0.05) is 18.8 Å². The van der Waals surface area contributed by atoms with Gasteiger partial charge in [-0.1, -0.05) is 24.3 Å². The van der Waals surface area contributed by atoms with Crippen molar-refractivity contribution >= 4 is 17.4 Å². The van der Waals surface area contributed by atoms with E-state index in [1.165, 1.54) is 4.68 Å². The van der Waals surface area contributed by atoms with Gasteiger partial charge in [0.2, 0.25) is 5.69 Å². The molecule has 1 N–H and O–H groups in total. The molecule has 0 fully saturated rings. The summed E-state index contributed by atoms with van der Waals surface area (Å²) >= 11 is 0. The van der Waals surface area contributed by atoms with Crippen molar-refractivity contribution in [1.29, 1.82) is 0 Å². The fraction of sp³-hybridized carbons (Fsp3) is 0.235. The molecule has 2 heterocycles. The summed E-state index contributed by atoms with van der Waals surface area (Å²) < 4.78 is 2.99. The molecule has 0 bridgehead atoms. The molecule has 0 aliphatic rings. The lowest BCUT2D eigenvalue weighted by Gasteiger charge is -2.06. The molecule has 0 aliphatic carbocycles. The van der Waals surface area contributed by atoms with Crippen molar-refractivity contribution in [2.24, 2.45) is 0 Å². The van der Waals surface area contributed by atoms with Crippen molar-refractivity contribution in [3.8, 4) is 0 Å². The molecule has 9 heteroatoms. The van der Waals surface area contributed by atoms with Crippen LogP contribution in [0.15, 0.2) is 42.7 Å². The van der Waals surface area contributed by atoms with E-state index in [1.54, 1.807) is 23.9 Å². The maximum absolute atomic E-state index is 12.5. The predicted molar refractivity (Wildman–Crippen MR) is 95.0 cm³/mol. The number of rotatable bonds is 6. The number of nitrogens with one attached hydrogen (secondary N) is 1. The Hall–Kier alpha value is -3.49. The molecule has 2 aromatic heterocycles. The monoisotopic (exact) mass is 354 g/mol. The summed E-state index contributed by atoms with van der Waals surface area (Å²) in [6.07, 6.45) is 2.82. The summed E-state index contributed by atoms with van der Waals surface area (Å²) in [4.78, 5) is 23.0. The minimum Gasteiger partial charge on any atom is -0.304 e. The third kappa shape index (κ3) is 3.46. The molecular weight excluding hydrogens is 336 g/mol. The molecule has 0 spiro atoms. The highest BCUT2D eigenvalue weighted by molar-refractivity contribution is 6.05. The molecule has 0 atom stereocenters. The van der Waals surface area contributed by atoms with Crippen LogP contribution >= 0.6 is 0 Å². The van der Waals surface area contributed by atoms with Crippen LogP contribution in [0.1, 0.15) is 28.5 Å². The first-order valence-corrected chi connectivity index (χ1v) is 8.09. The lowest BCUT2D eigenvalue weighted by Crippen LogP contribution is -2.19. The zero-order chi connectivity index (χ0) is 18.7. The van der Waals surface area contributed by atoms with Crippen molar-refractivity contribution in [3.63, 3.8) is 0 Å². The Balaban J connectivity index is 1.77. The SMILES string of the molecule is CCn1ncc([N+](=O)[O-])c1C(=O)Nc1ccn(Cc2ccccc2C)n1. The Morgan fingerprint density at radius 2 is 2.08 bits per heavy atom. The Morgan fingerprint density at radius 1 is 1.31 bits per heavy atom. The van der Waals surface area contributed by atoms with Gasteiger partial charge in [-0.15, -0.1) is 0 Å². The van der Waals surface area contributed by atoms with Gasteiger partial charge in [-0.2, -0.15) is 10.2 Å². The second-order valence-corrected chi connectivity index (χ2v) is 5.73. The van der Waals surface area contributed by atoms with Gasteiger partial charge < -0.3 is 5.32 Å². The van der Waals surface area contributed by atoms with Crippen molar-refractivity contribution in [2.45, 2.75) is 26.9 Å². The van der Waals surface area contributed by atoms with Gasteiger partial charge in [-0.3, -0.25) is 24.3 Å². The number of hydrogen-bond acceptors (Lipinski definition) is 5. The molecule has 0 saturated heterocycles. The first-order valence-electron chi connectivity index (χ1n) is 8.09. The Morgan fingerprint density at radius 3 is 2.77 bits per heavy atom. The van der Waals surface area contributed by atoms with Crippen LogP contribution in [0.2, 0.25) is 0 Å². The summed E-state index contributed by atoms with van der Waals surface area (Å²) in [5, 5.41) is 21.9. The first-order chi connectivity index (χ1) is 12.5. The number of nitro groups is 1. The van der Waals surface area contributed by atoms with Crippen molar-refractivity contribution in [3.05, 3.63) is 69.7 Å². The average molecular weight is 354 g/mol. The van der Waals surface area contributed by atoms with E-state index in [-0.39, 0.29) is 11.4 Å². The fourth-order valence-corrected chi connectivity index (χ4v) is 2.64. The third-order valence-electron chi connectivity index (χ3n) is 4.01. The highest BCUT2D eigenvalue weighted by Crippen LogP contribution is 2.19. The summed E-state index contributed by atoms with van der Waals surface area (Å²) in [6.45, 7) is 4.69. The summed E-state index contributed by atoms with van der Waals surface area (Å²) in [5.74, 6) is -0.293. The largest absolute Gasteiger partial charge is 0.320 e. The molecule has 26 heavy (non-hydrogen) atoms.